The molecular weight excluding hydrogens is 246 g/mol. The van der Waals surface area contributed by atoms with Gasteiger partial charge >= 0.3 is 0 Å². The molecule has 2 N–H and O–H groups in total. The molecule has 2 heterocycles. The van der Waals surface area contributed by atoms with E-state index in [1.54, 1.807) is 0 Å². The summed E-state index contributed by atoms with van der Waals surface area (Å²) >= 11 is 0. The highest BCUT2D eigenvalue weighted by molar-refractivity contribution is 5.80. The minimum absolute atomic E-state index is 0.503. The summed E-state index contributed by atoms with van der Waals surface area (Å²) in [5.41, 5.74) is 4.64. The monoisotopic (exact) mass is 263 g/mol. The molecule has 1 aromatic heterocycles. The minimum Gasteiger partial charge on any atom is -0.338 e. The molecule has 1 aliphatic rings. The molecule has 4 rings (SSSR count). The number of nitrogens with one attached hydrogen (secondary N) is 2. The van der Waals surface area contributed by atoms with Crippen LogP contribution in [0.25, 0.3) is 22.4 Å². The first kappa shape index (κ1) is 11.7. The summed E-state index contributed by atoms with van der Waals surface area (Å²) in [5, 5.41) is 3.54. The Morgan fingerprint density at radius 1 is 1.05 bits per heavy atom. The van der Waals surface area contributed by atoms with E-state index in [1.807, 2.05) is 18.2 Å². The molecule has 3 aromatic rings. The predicted molar refractivity (Wildman–Crippen MR) is 81.5 cm³/mol. The fraction of sp³-hybridized carbons (Fsp3) is 0.235. The number of imidazole rings is 1. The molecule has 0 radical (unpaired) electrons. The van der Waals surface area contributed by atoms with E-state index in [1.165, 1.54) is 18.4 Å². The molecule has 1 atom stereocenters. The Bertz CT molecular complexity index is 724. The molecule has 0 saturated carbocycles. The van der Waals surface area contributed by atoms with Crippen molar-refractivity contribution in [2.75, 3.05) is 6.54 Å². The molecule has 20 heavy (non-hydrogen) atoms. The maximum Gasteiger partial charge on any atom is 0.138 e. The van der Waals surface area contributed by atoms with Gasteiger partial charge in [-0.1, -0.05) is 36.4 Å². The van der Waals surface area contributed by atoms with E-state index in [9.17, 15) is 0 Å². The van der Waals surface area contributed by atoms with Crippen LogP contribution in [0.5, 0.6) is 0 Å². The largest absolute Gasteiger partial charge is 0.338 e. The van der Waals surface area contributed by atoms with Crippen LogP contribution < -0.4 is 5.32 Å². The van der Waals surface area contributed by atoms with Crippen molar-refractivity contribution in [1.82, 2.24) is 15.3 Å². The lowest BCUT2D eigenvalue weighted by Crippen LogP contribution is -2.12. The number of fused-ring (bicyclic) bond motifs is 1. The summed E-state index contributed by atoms with van der Waals surface area (Å²) in [6.07, 6.45) is 2.49. The van der Waals surface area contributed by atoms with Crippen LogP contribution in [0, 0.1) is 0 Å². The summed E-state index contributed by atoms with van der Waals surface area (Å²) in [5.74, 6) is 0.942. The van der Waals surface area contributed by atoms with Crippen molar-refractivity contribution in [2.45, 2.75) is 18.9 Å². The van der Waals surface area contributed by atoms with E-state index in [0.29, 0.717) is 6.04 Å². The maximum absolute atomic E-state index is 4.67. The Balaban J connectivity index is 1.76. The Morgan fingerprint density at radius 3 is 2.75 bits per heavy atom. The van der Waals surface area contributed by atoms with Crippen molar-refractivity contribution in [2.24, 2.45) is 0 Å². The van der Waals surface area contributed by atoms with Gasteiger partial charge in [-0.3, -0.25) is 0 Å². The summed E-state index contributed by atoms with van der Waals surface area (Å²) < 4.78 is 0. The molecule has 3 heteroatoms. The zero-order valence-corrected chi connectivity index (χ0v) is 11.3. The number of hydrogen-bond acceptors (Lipinski definition) is 2. The topological polar surface area (TPSA) is 40.7 Å². The molecular formula is C17H17N3. The van der Waals surface area contributed by atoms with E-state index >= 15 is 0 Å². The first-order valence-corrected chi connectivity index (χ1v) is 7.19. The number of aromatic nitrogens is 2. The quantitative estimate of drug-likeness (QED) is 0.741. The van der Waals surface area contributed by atoms with Gasteiger partial charge in [-0.25, -0.2) is 4.98 Å². The molecule has 0 aliphatic carbocycles. The van der Waals surface area contributed by atoms with Gasteiger partial charge in [0.15, 0.2) is 0 Å². The summed E-state index contributed by atoms with van der Waals surface area (Å²) in [6, 6.07) is 17.3. The summed E-state index contributed by atoms with van der Waals surface area (Å²) in [7, 11) is 0. The average Bonchev–Trinajstić information content (AvgIpc) is 3.16. The second-order valence-corrected chi connectivity index (χ2v) is 5.38. The zero-order valence-electron chi connectivity index (χ0n) is 11.3. The lowest BCUT2D eigenvalue weighted by Gasteiger charge is -2.09. The number of hydrogen-bond donors (Lipinski definition) is 2. The van der Waals surface area contributed by atoms with E-state index in [-0.39, 0.29) is 0 Å². The van der Waals surface area contributed by atoms with Gasteiger partial charge in [0.25, 0.3) is 0 Å². The Labute approximate surface area is 118 Å². The van der Waals surface area contributed by atoms with Crippen molar-refractivity contribution in [1.29, 1.82) is 0 Å². The van der Waals surface area contributed by atoms with Crippen LogP contribution in [0.2, 0.25) is 0 Å². The molecule has 100 valence electrons. The van der Waals surface area contributed by atoms with Crippen molar-refractivity contribution >= 4 is 11.0 Å². The SMILES string of the molecule is c1ccc(-c2nc3ccc(C4CCCN4)cc3[nH]2)cc1. The highest BCUT2D eigenvalue weighted by Crippen LogP contribution is 2.27. The third-order valence-corrected chi connectivity index (χ3v) is 4.02. The van der Waals surface area contributed by atoms with Crippen LogP contribution in [-0.2, 0) is 0 Å². The molecule has 3 nitrogen and oxygen atoms in total. The van der Waals surface area contributed by atoms with Crippen LogP contribution >= 0.6 is 0 Å². The molecule has 1 fully saturated rings. The van der Waals surface area contributed by atoms with Gasteiger partial charge in [0.2, 0.25) is 0 Å². The fourth-order valence-electron chi connectivity index (χ4n) is 2.95. The second-order valence-electron chi connectivity index (χ2n) is 5.38. The molecule has 1 unspecified atom stereocenters. The van der Waals surface area contributed by atoms with E-state index in [4.69, 9.17) is 0 Å². The van der Waals surface area contributed by atoms with Crippen LogP contribution in [0.4, 0.5) is 0 Å². The van der Waals surface area contributed by atoms with Crippen LogP contribution in [-0.4, -0.2) is 16.5 Å². The normalized spacial score (nSPS) is 18.7. The zero-order chi connectivity index (χ0) is 13.4. The standard InChI is InChI=1S/C17H17N3/c1-2-5-12(6-3-1)17-19-15-9-8-13(11-16(15)20-17)14-7-4-10-18-14/h1-3,5-6,8-9,11,14,18H,4,7,10H2,(H,19,20). The number of nitrogens with zero attached hydrogens (tertiary/aromatic N) is 1. The van der Waals surface area contributed by atoms with Crippen LogP contribution in [0.3, 0.4) is 0 Å². The predicted octanol–water partition coefficient (Wildman–Crippen LogP) is 3.65. The first-order chi connectivity index (χ1) is 9.90. The summed E-state index contributed by atoms with van der Waals surface area (Å²) in [6.45, 7) is 1.13. The van der Waals surface area contributed by atoms with Crippen LogP contribution in [0.15, 0.2) is 48.5 Å². The highest BCUT2D eigenvalue weighted by atomic mass is 14.9. The van der Waals surface area contributed by atoms with Gasteiger partial charge in [0.1, 0.15) is 5.82 Å². The smallest absolute Gasteiger partial charge is 0.138 e. The van der Waals surface area contributed by atoms with Gasteiger partial charge in [-0.2, -0.15) is 0 Å². The van der Waals surface area contributed by atoms with Crippen molar-refractivity contribution in [3.05, 3.63) is 54.1 Å². The van der Waals surface area contributed by atoms with Gasteiger partial charge in [0, 0.05) is 11.6 Å². The fourth-order valence-corrected chi connectivity index (χ4v) is 2.95. The lowest BCUT2D eigenvalue weighted by molar-refractivity contribution is 0.648. The molecule has 1 aliphatic heterocycles. The highest BCUT2D eigenvalue weighted by Gasteiger charge is 2.16. The van der Waals surface area contributed by atoms with Crippen LogP contribution in [0.1, 0.15) is 24.4 Å². The van der Waals surface area contributed by atoms with Gasteiger partial charge < -0.3 is 10.3 Å². The van der Waals surface area contributed by atoms with Gasteiger partial charge in [-0.05, 0) is 37.1 Å². The van der Waals surface area contributed by atoms with E-state index in [0.717, 1.165) is 29.0 Å². The maximum atomic E-state index is 4.67. The number of H-pyrrole nitrogens is 1. The molecule has 1 saturated heterocycles. The minimum atomic E-state index is 0.503. The van der Waals surface area contributed by atoms with E-state index in [2.05, 4.69) is 45.6 Å². The lowest BCUT2D eigenvalue weighted by atomic mass is 10.1. The van der Waals surface area contributed by atoms with Gasteiger partial charge in [-0.15, -0.1) is 0 Å². The van der Waals surface area contributed by atoms with Crippen molar-refractivity contribution < 1.29 is 0 Å². The Morgan fingerprint density at radius 2 is 1.95 bits per heavy atom. The van der Waals surface area contributed by atoms with Gasteiger partial charge in [0.05, 0.1) is 11.0 Å². The van der Waals surface area contributed by atoms with E-state index < -0.39 is 0 Å². The molecule has 0 bridgehead atoms. The summed E-state index contributed by atoms with van der Waals surface area (Å²) in [4.78, 5) is 8.11. The third-order valence-electron chi connectivity index (χ3n) is 4.02. The Hall–Kier alpha value is -2.13. The number of benzene rings is 2. The first-order valence-electron chi connectivity index (χ1n) is 7.19. The molecule has 2 aromatic carbocycles. The molecule has 0 spiro atoms. The molecule has 0 amide bonds. The second kappa shape index (κ2) is 4.76. The van der Waals surface area contributed by atoms with Crippen molar-refractivity contribution in [3.8, 4) is 11.4 Å². The number of rotatable bonds is 2. The van der Waals surface area contributed by atoms with Crippen molar-refractivity contribution in [3.63, 3.8) is 0 Å². The average molecular weight is 263 g/mol. The Kier molecular flexibility index (Phi) is 2.78. The third kappa shape index (κ3) is 2.00. The number of aromatic amines is 1.